The van der Waals surface area contributed by atoms with Gasteiger partial charge in [0.05, 0.1) is 0 Å². The van der Waals surface area contributed by atoms with Gasteiger partial charge < -0.3 is 19.2 Å². The number of hydrogen-bond acceptors (Lipinski definition) is 6. The second kappa shape index (κ2) is 12.9. The van der Waals surface area contributed by atoms with Crippen LogP contribution >= 0.6 is 0 Å². The molecule has 1 N–H and O–H groups in total. The maximum atomic E-state index is 13.1. The van der Waals surface area contributed by atoms with Crippen molar-refractivity contribution in [1.29, 1.82) is 0 Å². The summed E-state index contributed by atoms with van der Waals surface area (Å²) in [6.45, 7) is 5.73. The Morgan fingerprint density at radius 3 is 2.23 bits per heavy atom. The van der Waals surface area contributed by atoms with E-state index in [-0.39, 0.29) is 12.4 Å². The first kappa shape index (κ1) is 27.6. The average molecular weight is 528 g/mol. The smallest absolute Gasteiger partial charge is 0.408 e. The average Bonchev–Trinajstić information content (AvgIpc) is 2.95. The van der Waals surface area contributed by atoms with Crippen molar-refractivity contribution in [2.45, 2.75) is 59.1 Å². The van der Waals surface area contributed by atoms with Crippen LogP contribution in [0.25, 0.3) is 11.0 Å². The fourth-order valence-corrected chi connectivity index (χ4v) is 4.43. The molecule has 202 valence electrons. The minimum Gasteiger partial charge on any atom is -0.445 e. The van der Waals surface area contributed by atoms with Crippen LogP contribution in [0.4, 0.5) is 4.79 Å². The number of rotatable bonds is 10. The van der Waals surface area contributed by atoms with Gasteiger partial charge >= 0.3 is 17.7 Å². The molecule has 0 aliphatic rings. The van der Waals surface area contributed by atoms with Gasteiger partial charge in [0.15, 0.2) is 0 Å². The Labute approximate surface area is 227 Å². The van der Waals surface area contributed by atoms with Gasteiger partial charge in [-0.3, -0.25) is 0 Å². The standard InChI is InChI=1S/C32H33NO6/c1-4-5-16-27(33-32(36)37-20-24-14-10-7-11-15-24)31(35)38-28-18-17-25-21(2)26(19-23-12-8-6-9-13-23)30(34)39-29(25)22(28)3/h6-15,17-18,27H,4-5,16,19-20H2,1-3H3,(H,33,36)/t27-/m1/s1. The van der Waals surface area contributed by atoms with Crippen LogP contribution in [-0.2, 0) is 22.6 Å². The van der Waals surface area contributed by atoms with Crippen LogP contribution in [0.3, 0.4) is 0 Å². The number of nitrogens with one attached hydrogen (secondary N) is 1. The largest absolute Gasteiger partial charge is 0.445 e. The molecule has 4 rings (SSSR count). The lowest BCUT2D eigenvalue weighted by atomic mass is 9.98. The Kier molecular flexibility index (Phi) is 9.15. The van der Waals surface area contributed by atoms with Crippen molar-refractivity contribution in [3.63, 3.8) is 0 Å². The summed E-state index contributed by atoms with van der Waals surface area (Å²) in [5.74, 6) is -0.339. The summed E-state index contributed by atoms with van der Waals surface area (Å²) in [6.07, 6.45) is 1.73. The van der Waals surface area contributed by atoms with Crippen LogP contribution in [0.1, 0.15) is 54.0 Å². The zero-order valence-corrected chi connectivity index (χ0v) is 22.5. The zero-order valence-electron chi connectivity index (χ0n) is 22.5. The van der Waals surface area contributed by atoms with E-state index in [9.17, 15) is 14.4 Å². The monoisotopic (exact) mass is 527 g/mol. The third-order valence-electron chi connectivity index (χ3n) is 6.72. The number of fused-ring (bicyclic) bond motifs is 1. The molecule has 1 aromatic heterocycles. The van der Waals surface area contributed by atoms with Gasteiger partial charge in [-0.2, -0.15) is 0 Å². The van der Waals surface area contributed by atoms with Crippen LogP contribution in [0.5, 0.6) is 5.75 Å². The maximum Gasteiger partial charge on any atom is 0.408 e. The molecule has 0 unspecified atom stereocenters. The van der Waals surface area contributed by atoms with E-state index in [1.165, 1.54) is 0 Å². The number of carbonyl (C=O) groups is 2. The van der Waals surface area contributed by atoms with Crippen LogP contribution in [0.15, 0.2) is 82.0 Å². The van der Waals surface area contributed by atoms with Crippen molar-refractivity contribution in [2.24, 2.45) is 0 Å². The van der Waals surface area contributed by atoms with E-state index in [1.807, 2.05) is 74.5 Å². The predicted octanol–water partition coefficient (Wildman–Crippen LogP) is 6.39. The van der Waals surface area contributed by atoms with E-state index in [2.05, 4.69) is 5.32 Å². The number of benzene rings is 3. The molecule has 0 bridgehead atoms. The minimum absolute atomic E-state index is 0.0939. The summed E-state index contributed by atoms with van der Waals surface area (Å²) < 4.78 is 16.7. The van der Waals surface area contributed by atoms with Gasteiger partial charge in [-0.25, -0.2) is 14.4 Å². The minimum atomic E-state index is -0.884. The van der Waals surface area contributed by atoms with Gasteiger partial charge in [0, 0.05) is 22.9 Å². The summed E-state index contributed by atoms with van der Waals surface area (Å²) in [5.41, 5.74) is 3.77. The zero-order chi connectivity index (χ0) is 27.8. The molecule has 0 fully saturated rings. The highest BCUT2D eigenvalue weighted by Crippen LogP contribution is 2.30. The number of esters is 1. The third kappa shape index (κ3) is 6.93. The molecule has 7 heteroatoms. The summed E-state index contributed by atoms with van der Waals surface area (Å²) >= 11 is 0. The summed E-state index contributed by atoms with van der Waals surface area (Å²) in [5, 5.41) is 3.42. The van der Waals surface area contributed by atoms with Gasteiger partial charge in [0.25, 0.3) is 0 Å². The highest BCUT2D eigenvalue weighted by molar-refractivity contribution is 5.88. The van der Waals surface area contributed by atoms with Gasteiger partial charge in [0.2, 0.25) is 0 Å². The van der Waals surface area contributed by atoms with E-state index in [1.54, 1.807) is 19.1 Å². The van der Waals surface area contributed by atoms with Crippen molar-refractivity contribution < 1.29 is 23.5 Å². The third-order valence-corrected chi connectivity index (χ3v) is 6.72. The summed E-state index contributed by atoms with van der Waals surface area (Å²) in [6, 6.07) is 21.6. The van der Waals surface area contributed by atoms with Crippen LogP contribution in [-0.4, -0.2) is 18.1 Å². The maximum absolute atomic E-state index is 13.1. The van der Waals surface area contributed by atoms with Gasteiger partial charge in [-0.1, -0.05) is 80.4 Å². The predicted molar refractivity (Wildman–Crippen MR) is 150 cm³/mol. The van der Waals surface area contributed by atoms with E-state index in [4.69, 9.17) is 13.9 Å². The number of unbranched alkanes of at least 4 members (excludes halogenated alkanes) is 1. The molecule has 39 heavy (non-hydrogen) atoms. The number of carbonyl (C=O) groups excluding carboxylic acids is 2. The Hall–Kier alpha value is -4.39. The molecule has 0 radical (unpaired) electrons. The Morgan fingerprint density at radius 2 is 1.56 bits per heavy atom. The normalized spacial score (nSPS) is 11.7. The molecule has 0 spiro atoms. The Morgan fingerprint density at radius 1 is 0.897 bits per heavy atom. The van der Waals surface area contributed by atoms with Gasteiger partial charge in [0.1, 0.15) is 24.0 Å². The molecular formula is C32H33NO6. The highest BCUT2D eigenvalue weighted by Gasteiger charge is 2.25. The van der Waals surface area contributed by atoms with Gasteiger partial charge in [-0.05, 0) is 49.1 Å². The molecule has 1 heterocycles. The number of hydrogen-bond donors (Lipinski definition) is 1. The molecule has 7 nitrogen and oxygen atoms in total. The SMILES string of the molecule is CCCC[C@@H](NC(=O)OCc1ccccc1)C(=O)Oc1ccc2c(C)c(Cc3ccccc3)c(=O)oc2c1C. The van der Waals surface area contributed by atoms with Gasteiger partial charge in [-0.15, -0.1) is 0 Å². The van der Waals surface area contributed by atoms with E-state index in [0.29, 0.717) is 36.0 Å². The molecule has 0 saturated heterocycles. The molecular weight excluding hydrogens is 494 g/mol. The lowest BCUT2D eigenvalue weighted by Crippen LogP contribution is -2.43. The fourth-order valence-electron chi connectivity index (χ4n) is 4.43. The second-order valence-corrected chi connectivity index (χ2v) is 9.54. The fraction of sp³-hybridized carbons (Fsp3) is 0.281. The van der Waals surface area contributed by atoms with E-state index in [0.717, 1.165) is 28.5 Å². The number of amides is 1. The molecule has 1 atom stereocenters. The highest BCUT2D eigenvalue weighted by atomic mass is 16.6. The first-order chi connectivity index (χ1) is 18.9. The van der Waals surface area contributed by atoms with E-state index < -0.39 is 23.7 Å². The molecule has 1 amide bonds. The molecule has 0 aliphatic carbocycles. The van der Waals surface area contributed by atoms with Crippen molar-refractivity contribution >= 4 is 23.0 Å². The first-order valence-electron chi connectivity index (χ1n) is 13.2. The number of aryl methyl sites for hydroxylation is 2. The van der Waals surface area contributed by atoms with Crippen LogP contribution in [0, 0.1) is 13.8 Å². The van der Waals surface area contributed by atoms with Crippen LogP contribution < -0.4 is 15.7 Å². The van der Waals surface area contributed by atoms with E-state index >= 15 is 0 Å². The number of alkyl carbamates (subject to hydrolysis) is 1. The van der Waals surface area contributed by atoms with Crippen molar-refractivity contribution in [1.82, 2.24) is 5.32 Å². The second-order valence-electron chi connectivity index (χ2n) is 9.54. The Bertz CT molecular complexity index is 1490. The quantitative estimate of drug-likeness (QED) is 0.146. The molecule has 0 aliphatic heterocycles. The summed E-state index contributed by atoms with van der Waals surface area (Å²) in [4.78, 5) is 38.5. The molecule has 4 aromatic rings. The molecule has 0 saturated carbocycles. The lowest BCUT2D eigenvalue weighted by Gasteiger charge is -2.18. The van der Waals surface area contributed by atoms with Crippen molar-refractivity contribution in [3.05, 3.63) is 111 Å². The van der Waals surface area contributed by atoms with Crippen molar-refractivity contribution in [3.8, 4) is 5.75 Å². The van der Waals surface area contributed by atoms with Crippen molar-refractivity contribution in [2.75, 3.05) is 0 Å². The topological polar surface area (TPSA) is 94.8 Å². The number of ether oxygens (including phenoxy) is 2. The molecule has 3 aromatic carbocycles. The van der Waals surface area contributed by atoms with Crippen LogP contribution in [0.2, 0.25) is 0 Å². The summed E-state index contributed by atoms with van der Waals surface area (Å²) in [7, 11) is 0. The lowest BCUT2D eigenvalue weighted by molar-refractivity contribution is -0.136. The Balaban J connectivity index is 1.51. The first-order valence-corrected chi connectivity index (χ1v) is 13.2.